The van der Waals surface area contributed by atoms with E-state index >= 15 is 0 Å². The summed E-state index contributed by atoms with van der Waals surface area (Å²) in [5.74, 6) is -0.633. The Balaban J connectivity index is 1.67. The van der Waals surface area contributed by atoms with Gasteiger partial charge in [0.05, 0.1) is 25.7 Å². The first-order valence-corrected chi connectivity index (χ1v) is 12.7. The number of halogens is 1. The minimum absolute atomic E-state index is 0.0111. The zero-order valence-corrected chi connectivity index (χ0v) is 17.9. The number of rotatable bonds is 9. The Hall–Kier alpha value is -1.35. The molecule has 0 amide bonds. The van der Waals surface area contributed by atoms with Gasteiger partial charge in [0.1, 0.15) is 18.1 Å². The van der Waals surface area contributed by atoms with E-state index in [0.29, 0.717) is 0 Å². The summed E-state index contributed by atoms with van der Waals surface area (Å²) in [6, 6.07) is 0. The van der Waals surface area contributed by atoms with Gasteiger partial charge in [-0.25, -0.2) is 28.6 Å². The van der Waals surface area contributed by atoms with Crippen molar-refractivity contribution >= 4 is 40.4 Å². The summed E-state index contributed by atoms with van der Waals surface area (Å²) in [6.45, 7) is -1.53. The number of phosphoric acid groups is 3. The van der Waals surface area contributed by atoms with Crippen molar-refractivity contribution in [3.05, 3.63) is 12.7 Å². The number of phosphoric ester groups is 1. The third-order valence-electron chi connectivity index (χ3n) is 4.00. The van der Waals surface area contributed by atoms with E-state index in [1.54, 1.807) is 0 Å². The molecule has 3 rings (SSSR count). The molecule has 0 bridgehead atoms. The molecule has 0 aliphatic carbocycles. The number of nitrogens with two attached hydrogens (primary N) is 1. The Morgan fingerprint density at radius 2 is 1.87 bits per heavy atom. The van der Waals surface area contributed by atoms with Crippen LogP contribution in [0.3, 0.4) is 0 Å². The lowest BCUT2D eigenvalue weighted by Crippen LogP contribution is -2.18. The number of nitrogen functional groups attached to an aromatic ring is 1. The Bertz CT molecular complexity index is 1090. The van der Waals surface area contributed by atoms with E-state index in [1.807, 2.05) is 0 Å². The highest BCUT2D eigenvalue weighted by atomic mass is 31.3. The van der Waals surface area contributed by atoms with Gasteiger partial charge in [-0.1, -0.05) is 0 Å². The highest BCUT2D eigenvalue weighted by Gasteiger charge is 2.43. The highest BCUT2D eigenvalue weighted by molar-refractivity contribution is 7.66. The van der Waals surface area contributed by atoms with Crippen molar-refractivity contribution in [1.29, 1.82) is 0 Å². The molecule has 6 N–H and O–H groups in total. The molecule has 1 aliphatic heterocycles. The normalized spacial score (nSPS) is 26.0. The van der Waals surface area contributed by atoms with Crippen molar-refractivity contribution in [2.24, 2.45) is 5.92 Å². The van der Waals surface area contributed by atoms with Crippen molar-refractivity contribution in [3.63, 3.8) is 0 Å². The number of fused-ring (bicyclic) bond motifs is 1. The van der Waals surface area contributed by atoms with Gasteiger partial charge in [0.15, 0.2) is 11.5 Å². The van der Waals surface area contributed by atoms with Gasteiger partial charge in [0, 0.05) is 5.92 Å². The van der Waals surface area contributed by atoms with E-state index in [2.05, 4.69) is 28.1 Å². The molecule has 0 saturated carbocycles. The number of nitrogens with zero attached hydrogens (tertiary/aromatic N) is 4. The van der Waals surface area contributed by atoms with Crippen molar-refractivity contribution in [1.82, 2.24) is 19.5 Å². The Kier molecular flexibility index (Phi) is 6.96. The number of aromatic nitrogens is 4. The monoisotopic (exact) mass is 507 g/mol. The number of alkyl halides is 1. The molecular formula is C11H17FN5O11P3. The maximum absolute atomic E-state index is 13.5. The summed E-state index contributed by atoms with van der Waals surface area (Å²) < 4.78 is 66.1. The molecule has 174 valence electrons. The van der Waals surface area contributed by atoms with Crippen molar-refractivity contribution in [3.8, 4) is 0 Å². The summed E-state index contributed by atoms with van der Waals surface area (Å²) in [5.41, 5.74) is 6.24. The fourth-order valence-corrected chi connectivity index (χ4v) is 5.94. The van der Waals surface area contributed by atoms with Gasteiger partial charge in [-0.05, 0) is 6.42 Å². The molecular weight excluding hydrogens is 490 g/mol. The van der Waals surface area contributed by atoms with Crippen LogP contribution in [0, 0.1) is 5.92 Å². The third kappa shape index (κ3) is 6.12. The second-order valence-corrected chi connectivity index (χ2v) is 10.7. The SMILES string of the molecule is Nc1ncnc2c1ncn2C1OC(COP(=O)(O)OP(=O)(O)OP(=O)(O)O)CC1CF. The molecule has 20 heteroatoms. The molecule has 3 heterocycles. The largest absolute Gasteiger partial charge is 0.490 e. The van der Waals surface area contributed by atoms with Crippen LogP contribution in [0.15, 0.2) is 12.7 Å². The quantitative estimate of drug-likeness (QED) is 0.292. The van der Waals surface area contributed by atoms with Gasteiger partial charge in [-0.2, -0.15) is 8.62 Å². The van der Waals surface area contributed by atoms with Gasteiger partial charge in [0.25, 0.3) is 0 Å². The standard InChI is InChI=1S/C11H17FN5O11P3/c12-2-6-1-7(3-25-30(21,22)28-31(23,24)27-29(18,19)20)26-11(6)17-5-16-8-9(13)14-4-15-10(8)17/h4-7,11H,1-3H2,(H,21,22)(H,23,24)(H2,13,14,15)(H2,18,19,20). The van der Waals surface area contributed by atoms with Gasteiger partial charge >= 0.3 is 23.5 Å². The molecule has 1 fully saturated rings. The van der Waals surface area contributed by atoms with Crippen LogP contribution < -0.4 is 5.73 Å². The molecule has 1 saturated heterocycles. The molecule has 2 aromatic rings. The Labute approximate surface area is 172 Å². The first-order valence-electron chi connectivity index (χ1n) is 8.23. The number of hydrogen-bond acceptors (Lipinski definition) is 11. The second-order valence-electron chi connectivity index (χ2n) is 6.27. The van der Waals surface area contributed by atoms with Crippen LogP contribution in [0.1, 0.15) is 12.6 Å². The third-order valence-corrected chi connectivity index (χ3v) is 7.80. The van der Waals surface area contributed by atoms with Gasteiger partial charge in [-0.15, -0.1) is 0 Å². The molecule has 0 spiro atoms. The minimum Gasteiger partial charge on any atom is -0.382 e. The zero-order valence-electron chi connectivity index (χ0n) is 15.2. The predicted octanol–water partition coefficient (Wildman–Crippen LogP) is 0.625. The van der Waals surface area contributed by atoms with Gasteiger partial charge in [-0.3, -0.25) is 13.5 Å². The molecule has 5 unspecified atom stereocenters. The lowest BCUT2D eigenvalue weighted by molar-refractivity contribution is -0.0328. The lowest BCUT2D eigenvalue weighted by atomic mass is 10.1. The van der Waals surface area contributed by atoms with E-state index < -0.39 is 55.0 Å². The first kappa shape index (κ1) is 24.3. The lowest BCUT2D eigenvalue weighted by Gasteiger charge is -2.19. The average molecular weight is 507 g/mol. The molecule has 5 atom stereocenters. The molecule has 2 aromatic heterocycles. The fourth-order valence-electron chi connectivity index (χ4n) is 2.89. The van der Waals surface area contributed by atoms with Crippen LogP contribution in [0.5, 0.6) is 0 Å². The average Bonchev–Trinajstić information content (AvgIpc) is 3.21. The topological polar surface area (TPSA) is 239 Å². The number of anilines is 1. The summed E-state index contributed by atoms with van der Waals surface area (Å²) in [7, 11) is -16.5. The zero-order chi connectivity index (χ0) is 23.0. The van der Waals surface area contributed by atoms with Crippen LogP contribution in [0.4, 0.5) is 10.2 Å². The Morgan fingerprint density at radius 1 is 1.16 bits per heavy atom. The first-order chi connectivity index (χ1) is 14.3. The Morgan fingerprint density at radius 3 is 2.52 bits per heavy atom. The van der Waals surface area contributed by atoms with Crippen LogP contribution >= 0.6 is 23.5 Å². The fraction of sp³-hybridized carbons (Fsp3) is 0.545. The van der Waals surface area contributed by atoms with Crippen LogP contribution in [-0.4, -0.2) is 58.5 Å². The smallest absolute Gasteiger partial charge is 0.382 e. The number of imidazole rings is 1. The van der Waals surface area contributed by atoms with Crippen LogP contribution in [-0.2, 0) is 31.6 Å². The van der Waals surface area contributed by atoms with Gasteiger partial charge in [0.2, 0.25) is 0 Å². The molecule has 0 aromatic carbocycles. The van der Waals surface area contributed by atoms with Crippen molar-refractivity contribution in [2.75, 3.05) is 19.0 Å². The number of ether oxygens (including phenoxy) is 1. The van der Waals surface area contributed by atoms with E-state index in [4.69, 9.17) is 25.2 Å². The van der Waals surface area contributed by atoms with Crippen LogP contribution in [0.25, 0.3) is 11.2 Å². The van der Waals surface area contributed by atoms with E-state index in [1.165, 1.54) is 17.2 Å². The van der Waals surface area contributed by atoms with Gasteiger partial charge < -0.3 is 30.0 Å². The van der Waals surface area contributed by atoms with E-state index in [9.17, 15) is 23.0 Å². The van der Waals surface area contributed by atoms with Crippen molar-refractivity contribution in [2.45, 2.75) is 18.8 Å². The minimum atomic E-state index is -5.64. The molecule has 31 heavy (non-hydrogen) atoms. The molecule has 16 nitrogen and oxygen atoms in total. The predicted molar refractivity (Wildman–Crippen MR) is 97.5 cm³/mol. The number of hydrogen-bond donors (Lipinski definition) is 5. The highest BCUT2D eigenvalue weighted by Crippen LogP contribution is 2.66. The summed E-state index contributed by atoms with van der Waals surface area (Å²) in [6.07, 6.45) is 0.610. The second kappa shape index (κ2) is 8.89. The molecule has 0 radical (unpaired) electrons. The summed E-state index contributed by atoms with van der Waals surface area (Å²) in [5, 5.41) is 0. The summed E-state index contributed by atoms with van der Waals surface area (Å²) in [4.78, 5) is 47.5. The summed E-state index contributed by atoms with van der Waals surface area (Å²) >= 11 is 0. The maximum atomic E-state index is 13.5. The van der Waals surface area contributed by atoms with Crippen molar-refractivity contribution < 1.29 is 55.5 Å². The van der Waals surface area contributed by atoms with Crippen LogP contribution in [0.2, 0.25) is 0 Å². The maximum Gasteiger partial charge on any atom is 0.490 e. The molecule has 1 aliphatic rings. The van der Waals surface area contributed by atoms with E-state index in [-0.39, 0.29) is 23.4 Å². The van der Waals surface area contributed by atoms with E-state index in [0.717, 1.165) is 0 Å².